The van der Waals surface area contributed by atoms with Crippen molar-refractivity contribution in [3.05, 3.63) is 120 Å². The maximum absolute atomic E-state index is 14.9. The van der Waals surface area contributed by atoms with Gasteiger partial charge in [0.1, 0.15) is 68.3 Å². The Hall–Kier alpha value is -8.91. The number of aliphatic carboxylic acids is 1. The summed E-state index contributed by atoms with van der Waals surface area (Å²) in [7, 11) is 3.28. The largest absolute Gasteiger partial charge is 1.00 e. The average molecular weight is 1710 g/mol. The van der Waals surface area contributed by atoms with E-state index in [9.17, 15) is 38.4 Å². The van der Waals surface area contributed by atoms with Crippen LogP contribution in [0.5, 0.6) is 23.0 Å². The van der Waals surface area contributed by atoms with Gasteiger partial charge in [0.25, 0.3) is 0 Å². The molecule has 12 atom stereocenters. The number of methoxy groups -OCH3 is 2. The zero-order chi connectivity index (χ0) is 87.6. The number of carbonyl (C=O) groups is 8. The number of Topliss-reactive ketones (excluding diaryl/α,β-unsaturated/α-hetero) is 2. The quantitative estimate of drug-likeness (QED) is 0.0156. The highest BCUT2D eigenvalue weighted by Gasteiger charge is 2.63. The number of aromatic nitrogens is 4. The molecule has 2 saturated heterocycles. The van der Waals surface area contributed by atoms with E-state index in [2.05, 4.69) is 71.6 Å². The van der Waals surface area contributed by atoms with Gasteiger partial charge in [0.2, 0.25) is 5.91 Å². The van der Waals surface area contributed by atoms with Crippen LogP contribution in [0.25, 0.3) is 43.2 Å². The molecule has 6 aromatic rings. The number of halogens is 1. The van der Waals surface area contributed by atoms with Crippen molar-refractivity contribution >= 4 is 91.8 Å². The molecule has 120 heavy (non-hydrogen) atoms. The molecule has 656 valence electrons. The number of benzene rings is 2. The molecule has 4 aromatic heterocycles. The van der Waals surface area contributed by atoms with Crippen LogP contribution >= 0.6 is 22.7 Å². The first-order valence-electron chi connectivity index (χ1n) is 42.3. The number of carbonyl (C=O) groups excluding carboxylic acids is 7. The molecule has 4 fully saturated rings. The maximum Gasteiger partial charge on any atom is 0.313 e. The molecule has 6 heterocycles. The van der Waals surface area contributed by atoms with E-state index in [1.807, 2.05) is 74.7 Å². The lowest BCUT2D eigenvalue weighted by molar-refractivity contribution is -0.661. The third-order valence-electron chi connectivity index (χ3n) is 23.0. The number of likely N-dealkylation sites (tertiary alicyclic amines) is 1. The number of esters is 4. The van der Waals surface area contributed by atoms with Gasteiger partial charge in [-0.25, -0.2) is 19.9 Å². The van der Waals surface area contributed by atoms with Gasteiger partial charge in [-0.15, -0.1) is 49.0 Å². The zero-order valence-electron chi connectivity index (χ0n) is 73.8. The van der Waals surface area contributed by atoms with E-state index in [-0.39, 0.29) is 111 Å². The van der Waals surface area contributed by atoms with Crippen LogP contribution in [0.15, 0.2) is 97.8 Å². The highest BCUT2D eigenvalue weighted by molar-refractivity contribution is 7.13. The van der Waals surface area contributed by atoms with Gasteiger partial charge >= 0.3 is 29.8 Å². The normalized spacial score (nSPS) is 21.4. The Kier molecular flexibility index (Phi) is 35.8. The van der Waals surface area contributed by atoms with E-state index < -0.39 is 75.8 Å². The lowest BCUT2D eigenvalue weighted by Crippen LogP contribution is -3.00. The van der Waals surface area contributed by atoms with E-state index in [0.717, 1.165) is 105 Å². The van der Waals surface area contributed by atoms with Gasteiger partial charge < -0.3 is 65.6 Å². The monoisotopic (exact) mass is 1710 g/mol. The van der Waals surface area contributed by atoms with Crippen molar-refractivity contribution in [3.63, 3.8) is 0 Å². The van der Waals surface area contributed by atoms with E-state index in [4.69, 9.17) is 62.9 Å². The summed E-state index contributed by atoms with van der Waals surface area (Å²) in [4.78, 5) is 127. The molecule has 3 N–H and O–H groups in total. The summed E-state index contributed by atoms with van der Waals surface area (Å²) in [5.74, 6) is -1.91. The topological polar surface area (TPSA) is 302 Å². The minimum atomic E-state index is -1.03. The number of nitrogens with two attached hydrogens (primary N) is 1. The van der Waals surface area contributed by atoms with Crippen LogP contribution in [0.2, 0.25) is 0 Å². The van der Waals surface area contributed by atoms with E-state index in [1.165, 1.54) is 11.3 Å². The smallest absolute Gasteiger partial charge is 0.313 e. The van der Waals surface area contributed by atoms with Crippen LogP contribution < -0.4 is 36.7 Å². The maximum atomic E-state index is 14.9. The molecule has 23 nitrogen and oxygen atoms in total. The average Bonchev–Trinajstić information content (AvgIpc) is 1.57. The van der Waals surface area contributed by atoms with Crippen LogP contribution in [-0.2, 0) is 57.3 Å². The molecule has 26 heteroatoms. The molecule has 10 rings (SSSR count). The highest BCUT2D eigenvalue weighted by atomic mass is 35.5. The second kappa shape index (κ2) is 43.7. The Bertz CT molecular complexity index is 4620. The van der Waals surface area contributed by atoms with Crippen molar-refractivity contribution in [1.29, 1.82) is 0 Å². The molecule has 2 saturated carbocycles. The first kappa shape index (κ1) is 98.2. The van der Waals surface area contributed by atoms with Gasteiger partial charge in [-0.1, -0.05) is 91.5 Å². The van der Waals surface area contributed by atoms with Gasteiger partial charge in [0.15, 0.2) is 23.7 Å². The number of carboxylic acids is 1. The number of amides is 1. The Morgan fingerprint density at radius 3 is 1.43 bits per heavy atom. The second-order valence-corrected chi connectivity index (χ2v) is 36.5. The molecule has 4 aliphatic rings. The Balaban J connectivity index is 0.000000280. The van der Waals surface area contributed by atoms with Crippen molar-refractivity contribution in [3.8, 4) is 44.4 Å². The van der Waals surface area contributed by atoms with Crippen molar-refractivity contribution in [1.82, 2.24) is 24.8 Å². The molecule has 1 amide bonds. The van der Waals surface area contributed by atoms with Crippen LogP contribution in [0.4, 0.5) is 0 Å². The number of hydrogen-bond donors (Lipinski definition) is 2. The second-order valence-electron chi connectivity index (χ2n) is 34.8. The molecular weight excluding hydrogens is 1580 g/mol. The van der Waals surface area contributed by atoms with E-state index in [1.54, 1.807) is 98.0 Å². The fraction of sp³-hybridized carbons (Fsp3) is 0.574. The van der Waals surface area contributed by atoms with Crippen molar-refractivity contribution in [2.45, 2.75) is 261 Å². The predicted octanol–water partition coefficient (Wildman–Crippen LogP) is 15.0. The summed E-state index contributed by atoms with van der Waals surface area (Å²) >= 11 is 3.09. The first-order valence-corrected chi connectivity index (χ1v) is 44.0. The lowest BCUT2D eigenvalue weighted by atomic mass is 9.87. The van der Waals surface area contributed by atoms with Crippen molar-refractivity contribution < 1.29 is 99.1 Å². The third-order valence-corrected chi connectivity index (χ3v) is 24.7. The number of aryl methyl sites for hydroxylation is 2. The molecule has 0 spiro atoms. The summed E-state index contributed by atoms with van der Waals surface area (Å²) in [6.07, 6.45) is 15.4. The fourth-order valence-corrected chi connectivity index (χ4v) is 17.9. The molecule has 2 aliphatic heterocycles. The Morgan fingerprint density at radius 1 is 0.600 bits per heavy atom. The summed E-state index contributed by atoms with van der Waals surface area (Å²) < 4.78 is 46.6. The number of ether oxygens (including phenoxy) is 8. The van der Waals surface area contributed by atoms with Crippen LogP contribution in [-0.4, -0.2) is 153 Å². The Labute approximate surface area is 723 Å². The standard InChI is InChI=1S/C47H63N3O8S.C32H39N3O5S.C15H26O4.ClH/c1-12-15-16-17-18-19-31(22-40(52)58-46(8,9)10)44(53)50-26-39(30(7)42(50)36(51)25-47(24-32(47)13-2)45(54)56-14-3)57-38-23-34(43-49-35(27-59-43)28(4)5)48-41-29(6)37(55-11)21-20-33(38)41;1-8-20-13-32(20,31(37)39-9-2)14-24(36)29-19(6)27(15-33-29)40-26-12-22(30-35-23(16-41-30)17(3)4)34-28-18(5)25(38-7)11-10-21(26)28;1-5-6-7-8-9-10-12(14(17)18)11-13(16)19-15(2,3)4;/h12-13,20-21,23,27-28,30-32,39,42H,1-2,14-19,22,24-26H2,3-11H3;8,10-12,16-17,19-20,27,29,33H,1,9,13-15H2,2-7H3;5,12H,1,6-11H2,2-4H3,(H,17,18);1H/t30-,31-,32-,39+,42+,47-;19-,20-,27+,29+,32-;12-;/m111./s1. The molecule has 2 aliphatic carbocycles. The number of pyridine rings is 2. The van der Waals surface area contributed by atoms with E-state index in [0.29, 0.717) is 79.6 Å². The van der Waals surface area contributed by atoms with Gasteiger partial charge in [-0.2, -0.15) is 0 Å². The van der Waals surface area contributed by atoms with Crippen LogP contribution in [0.1, 0.15) is 234 Å². The number of quaternary nitrogens is 1. The number of carboxylic acid groups (broad SMARTS) is 1. The lowest BCUT2D eigenvalue weighted by Gasteiger charge is -2.30. The van der Waals surface area contributed by atoms with Crippen LogP contribution in [0, 0.1) is 60.2 Å². The minimum absolute atomic E-state index is 0. The fourth-order valence-electron chi connectivity index (χ4n) is 16.0. The summed E-state index contributed by atoms with van der Waals surface area (Å²) in [6.45, 7) is 47.1. The summed E-state index contributed by atoms with van der Waals surface area (Å²) in [5, 5.41) is 18.5. The molecule has 2 aromatic carbocycles. The number of unbranched alkanes of at least 4 members (excludes halogenated alkanes) is 6. The summed E-state index contributed by atoms with van der Waals surface area (Å²) in [6, 6.07) is 10.3. The first-order chi connectivity index (χ1) is 56.4. The van der Waals surface area contributed by atoms with Gasteiger partial charge in [-0.3, -0.25) is 38.4 Å². The van der Waals surface area contributed by atoms with Gasteiger partial charge in [0.05, 0.1) is 97.9 Å². The predicted molar refractivity (Wildman–Crippen MR) is 466 cm³/mol. The molecular formula is C94H129ClN6O17S2. The number of thiazole rings is 2. The highest BCUT2D eigenvalue weighted by Crippen LogP contribution is 2.59. The number of ketones is 2. The molecule has 0 bridgehead atoms. The van der Waals surface area contributed by atoms with Gasteiger partial charge in [-0.05, 0) is 169 Å². The number of fused-ring (bicyclic) bond motifs is 2. The number of rotatable bonds is 40. The SMILES string of the molecule is C=CCCCCC[C@H](CC(=O)OC(C)(C)C)C(=O)N1C[C@H](Oc2cc(-c3nc(C(C)C)cs3)nc3c(C)c(OC)ccc23)[C@@H](C)[C@H]1C(=O)C[C@]1(C(=O)OCC)C[C@H]1C=C.C=CCCCCC[C@H](CC(=O)OC(C)(C)C)C(=O)O.C=C[C@@H]1C[C@]1(CC(=O)[C@H]1[NH2+]C[C@H](Oc2cc(-c3nc(C(C)C)cs3)nc3c(C)c(OC)ccc23)[C@H]1C)C(=O)OCC.[Cl-]. The summed E-state index contributed by atoms with van der Waals surface area (Å²) in [5.41, 5.74) is 3.57. The van der Waals surface area contributed by atoms with E-state index >= 15 is 0 Å². The zero-order valence-corrected chi connectivity index (χ0v) is 76.2. The van der Waals surface area contributed by atoms with Gasteiger partial charge in [0, 0.05) is 69.5 Å². The van der Waals surface area contributed by atoms with Crippen molar-refractivity contribution in [2.75, 3.05) is 40.5 Å². The molecule has 0 unspecified atom stereocenters. The van der Waals surface area contributed by atoms with Crippen LogP contribution in [0.3, 0.4) is 0 Å². The van der Waals surface area contributed by atoms with Crippen molar-refractivity contribution in [2.24, 2.45) is 46.3 Å². The third kappa shape index (κ3) is 24.9. The number of nitrogens with zero attached hydrogens (tertiary/aromatic N) is 5. The Morgan fingerprint density at radius 2 is 1.03 bits per heavy atom. The molecule has 0 radical (unpaired) electrons. The minimum Gasteiger partial charge on any atom is -1.00 e. The number of allylic oxidation sites excluding steroid dienone is 4. The number of hydrogen-bond acceptors (Lipinski definition) is 22.